The molecule has 104 valence electrons. The minimum atomic E-state index is 0.115. The molecule has 1 aromatic carbocycles. The first-order valence-electron chi connectivity index (χ1n) is 6.88. The second-order valence-electron chi connectivity index (χ2n) is 5.31. The fourth-order valence-electron chi connectivity index (χ4n) is 2.53. The van der Waals surface area contributed by atoms with Crippen molar-refractivity contribution in [3.05, 3.63) is 29.8 Å². The topological polar surface area (TPSA) is 52.6 Å². The minimum absolute atomic E-state index is 0.115. The summed E-state index contributed by atoms with van der Waals surface area (Å²) in [6, 6.07) is 6.91. The average Bonchev–Trinajstić information content (AvgIpc) is 2.40. The predicted octanol–water partition coefficient (Wildman–Crippen LogP) is 1.39. The number of benzene rings is 1. The molecule has 2 rings (SSSR count). The molecule has 0 saturated carbocycles. The van der Waals surface area contributed by atoms with Crippen LogP contribution in [0.4, 0.5) is 0 Å². The van der Waals surface area contributed by atoms with Gasteiger partial charge in [0, 0.05) is 13.6 Å². The molecule has 0 aromatic heterocycles. The van der Waals surface area contributed by atoms with Crippen LogP contribution >= 0.6 is 0 Å². The van der Waals surface area contributed by atoms with Gasteiger partial charge in [0.15, 0.2) is 0 Å². The lowest BCUT2D eigenvalue weighted by Gasteiger charge is -2.27. The summed E-state index contributed by atoms with van der Waals surface area (Å²) in [5.74, 6) is 0.940. The largest absolute Gasteiger partial charge is 0.508 e. The average molecular weight is 262 g/mol. The van der Waals surface area contributed by atoms with Crippen LogP contribution in [0.1, 0.15) is 18.4 Å². The zero-order valence-electron chi connectivity index (χ0n) is 11.4. The van der Waals surface area contributed by atoms with Crippen molar-refractivity contribution in [2.45, 2.75) is 19.3 Å². The summed E-state index contributed by atoms with van der Waals surface area (Å²) in [5, 5.41) is 12.7. The Morgan fingerprint density at radius 1 is 1.42 bits per heavy atom. The summed E-state index contributed by atoms with van der Waals surface area (Å²) in [7, 11) is 1.87. The van der Waals surface area contributed by atoms with Gasteiger partial charge in [-0.05, 0) is 49.5 Å². The highest BCUT2D eigenvalue weighted by Crippen LogP contribution is 2.15. The van der Waals surface area contributed by atoms with Crippen molar-refractivity contribution in [3.8, 4) is 5.75 Å². The summed E-state index contributed by atoms with van der Waals surface area (Å²) in [6.45, 7) is 2.94. The van der Waals surface area contributed by atoms with Crippen molar-refractivity contribution >= 4 is 5.91 Å². The Morgan fingerprint density at radius 2 is 2.16 bits per heavy atom. The Hall–Kier alpha value is -1.55. The van der Waals surface area contributed by atoms with Gasteiger partial charge in [0.2, 0.25) is 5.91 Å². The number of aromatic hydroxyl groups is 1. The smallest absolute Gasteiger partial charge is 0.226 e. The molecule has 4 nitrogen and oxygen atoms in total. The van der Waals surface area contributed by atoms with Crippen LogP contribution in [0, 0.1) is 5.92 Å². The number of phenolic OH excluding ortho intramolecular Hbond substituents is 1. The molecule has 2 N–H and O–H groups in total. The number of phenols is 1. The molecular formula is C15H22N2O2. The maximum atomic E-state index is 12.1. The number of hydrogen-bond acceptors (Lipinski definition) is 3. The predicted molar refractivity (Wildman–Crippen MR) is 75.0 cm³/mol. The number of nitrogens with zero attached hydrogens (tertiary/aromatic N) is 1. The van der Waals surface area contributed by atoms with Crippen molar-refractivity contribution in [2.75, 3.05) is 26.7 Å². The molecule has 0 unspecified atom stereocenters. The molecule has 0 radical (unpaired) electrons. The molecule has 0 spiro atoms. The van der Waals surface area contributed by atoms with Crippen LogP contribution in [-0.4, -0.2) is 42.6 Å². The van der Waals surface area contributed by atoms with Gasteiger partial charge >= 0.3 is 0 Å². The van der Waals surface area contributed by atoms with E-state index in [4.69, 9.17) is 0 Å². The molecule has 1 heterocycles. The van der Waals surface area contributed by atoms with Crippen molar-refractivity contribution in [2.24, 2.45) is 5.92 Å². The molecule has 0 atom stereocenters. The number of rotatable bonds is 4. The van der Waals surface area contributed by atoms with Gasteiger partial charge in [0.05, 0.1) is 6.42 Å². The van der Waals surface area contributed by atoms with Crippen LogP contribution in [0.2, 0.25) is 0 Å². The number of likely N-dealkylation sites (N-methyl/N-ethyl adjacent to an activating group) is 1. The summed E-state index contributed by atoms with van der Waals surface area (Å²) in [6.07, 6.45) is 2.64. The highest BCUT2D eigenvalue weighted by atomic mass is 16.3. The first-order valence-corrected chi connectivity index (χ1v) is 6.88. The van der Waals surface area contributed by atoms with E-state index in [0.717, 1.165) is 38.0 Å². The Kier molecular flexibility index (Phi) is 4.80. The number of amides is 1. The monoisotopic (exact) mass is 262 g/mol. The van der Waals surface area contributed by atoms with Gasteiger partial charge in [-0.15, -0.1) is 0 Å². The molecule has 1 fully saturated rings. The molecule has 1 amide bonds. The summed E-state index contributed by atoms with van der Waals surface area (Å²) in [5.41, 5.74) is 0.863. The van der Waals surface area contributed by atoms with Crippen LogP contribution in [0.3, 0.4) is 0 Å². The minimum Gasteiger partial charge on any atom is -0.508 e. The van der Waals surface area contributed by atoms with Gasteiger partial charge in [-0.25, -0.2) is 0 Å². The third kappa shape index (κ3) is 4.24. The van der Waals surface area contributed by atoms with E-state index in [1.807, 2.05) is 18.0 Å². The quantitative estimate of drug-likeness (QED) is 0.862. The van der Waals surface area contributed by atoms with Gasteiger partial charge in [0.25, 0.3) is 0 Å². The third-order valence-electron chi connectivity index (χ3n) is 3.68. The molecule has 1 aromatic rings. The summed E-state index contributed by atoms with van der Waals surface area (Å²) < 4.78 is 0. The Bertz CT molecular complexity index is 428. The molecule has 0 aliphatic carbocycles. The maximum Gasteiger partial charge on any atom is 0.226 e. The van der Waals surface area contributed by atoms with Crippen molar-refractivity contribution < 1.29 is 9.90 Å². The zero-order valence-corrected chi connectivity index (χ0v) is 11.4. The van der Waals surface area contributed by atoms with Crippen LogP contribution in [-0.2, 0) is 11.2 Å². The van der Waals surface area contributed by atoms with E-state index in [1.165, 1.54) is 0 Å². The summed E-state index contributed by atoms with van der Waals surface area (Å²) >= 11 is 0. The zero-order chi connectivity index (χ0) is 13.7. The van der Waals surface area contributed by atoms with Crippen molar-refractivity contribution in [1.82, 2.24) is 10.2 Å². The standard InChI is InChI=1S/C15H22N2O2/c1-17(11-12-5-7-16-8-6-12)15(19)10-13-3-2-4-14(18)9-13/h2-4,9,12,16,18H,5-8,10-11H2,1H3. The Balaban J connectivity index is 1.84. The normalized spacial score (nSPS) is 16.3. The van der Waals surface area contributed by atoms with E-state index in [9.17, 15) is 9.90 Å². The van der Waals surface area contributed by atoms with Crippen molar-refractivity contribution in [3.63, 3.8) is 0 Å². The second kappa shape index (κ2) is 6.57. The lowest BCUT2D eigenvalue weighted by atomic mass is 9.97. The Labute approximate surface area is 114 Å². The molecule has 19 heavy (non-hydrogen) atoms. The molecule has 4 heteroatoms. The van der Waals surface area contributed by atoms with Gasteiger partial charge in [0.1, 0.15) is 5.75 Å². The molecular weight excluding hydrogens is 240 g/mol. The summed E-state index contributed by atoms with van der Waals surface area (Å²) in [4.78, 5) is 13.9. The van der Waals surface area contributed by atoms with E-state index < -0.39 is 0 Å². The van der Waals surface area contributed by atoms with Gasteiger partial charge < -0.3 is 15.3 Å². The first-order chi connectivity index (χ1) is 9.15. The van der Waals surface area contributed by atoms with E-state index in [2.05, 4.69) is 5.32 Å². The second-order valence-corrected chi connectivity index (χ2v) is 5.31. The SMILES string of the molecule is CN(CC1CCNCC1)C(=O)Cc1cccc(O)c1. The molecule has 1 aliphatic rings. The Morgan fingerprint density at radius 3 is 2.84 bits per heavy atom. The van der Waals surface area contributed by atoms with E-state index >= 15 is 0 Å². The van der Waals surface area contributed by atoms with E-state index in [0.29, 0.717) is 12.3 Å². The lowest BCUT2D eigenvalue weighted by molar-refractivity contribution is -0.129. The van der Waals surface area contributed by atoms with Gasteiger partial charge in [-0.1, -0.05) is 12.1 Å². The first kappa shape index (κ1) is 13.9. The van der Waals surface area contributed by atoms with Gasteiger partial charge in [-0.3, -0.25) is 4.79 Å². The molecule has 0 bridgehead atoms. The third-order valence-corrected chi connectivity index (χ3v) is 3.68. The maximum absolute atomic E-state index is 12.1. The van der Waals surface area contributed by atoms with Crippen LogP contribution in [0.25, 0.3) is 0 Å². The number of nitrogens with one attached hydrogen (secondary N) is 1. The number of piperidine rings is 1. The highest BCUT2D eigenvalue weighted by Gasteiger charge is 2.18. The fraction of sp³-hybridized carbons (Fsp3) is 0.533. The van der Waals surface area contributed by atoms with Crippen LogP contribution in [0.5, 0.6) is 5.75 Å². The number of carbonyl (C=O) groups is 1. The number of hydrogen-bond donors (Lipinski definition) is 2. The van der Waals surface area contributed by atoms with Crippen molar-refractivity contribution in [1.29, 1.82) is 0 Å². The van der Waals surface area contributed by atoms with Crippen LogP contribution < -0.4 is 5.32 Å². The van der Waals surface area contributed by atoms with Gasteiger partial charge in [-0.2, -0.15) is 0 Å². The van der Waals surface area contributed by atoms with E-state index in [1.54, 1.807) is 18.2 Å². The molecule has 1 aliphatic heterocycles. The highest BCUT2D eigenvalue weighted by molar-refractivity contribution is 5.78. The lowest BCUT2D eigenvalue weighted by Crippen LogP contribution is -2.37. The molecule has 1 saturated heterocycles. The number of carbonyl (C=O) groups excluding carboxylic acids is 1. The fourth-order valence-corrected chi connectivity index (χ4v) is 2.53. The van der Waals surface area contributed by atoms with E-state index in [-0.39, 0.29) is 11.7 Å². The van der Waals surface area contributed by atoms with Crippen LogP contribution in [0.15, 0.2) is 24.3 Å².